The Bertz CT molecular complexity index is 611. The minimum absolute atomic E-state index is 0.340. The van der Waals surface area contributed by atoms with Gasteiger partial charge in [-0.1, -0.05) is 31.5 Å². The van der Waals surface area contributed by atoms with Gasteiger partial charge in [0.05, 0.1) is 11.6 Å². The molecular weight excluding hydrogens is 293 g/mol. The van der Waals surface area contributed by atoms with Gasteiger partial charge in [0.2, 0.25) is 5.88 Å². The Hall–Kier alpha value is -1.25. The third kappa shape index (κ3) is 3.44. The number of aryl methyl sites for hydroxylation is 1. The predicted octanol–water partition coefficient (Wildman–Crippen LogP) is 5.70. The molecule has 0 aliphatic carbocycles. The highest BCUT2D eigenvalue weighted by atomic mass is 35.5. The maximum atomic E-state index is 6.26. The molecule has 1 aromatic carbocycles. The molecule has 1 aromatic heterocycles. The van der Waals surface area contributed by atoms with Crippen LogP contribution in [0.15, 0.2) is 30.3 Å². The molecule has 0 saturated heterocycles. The molecule has 0 fully saturated rings. The molecule has 0 aliphatic heterocycles. The number of nitrogens with zero attached hydrogens (tertiary/aromatic N) is 1. The van der Waals surface area contributed by atoms with E-state index in [0.717, 1.165) is 27.6 Å². The standard InChI is InChI=1S/C16H17Cl2NO/c1-10(2)13-8-15(11(3)7-14(13)18)20-16-6-4-5-12(9-17)19-16/h4-8,10H,9H2,1-3H3. The first kappa shape index (κ1) is 15.1. The van der Waals surface area contributed by atoms with Crippen molar-refractivity contribution < 1.29 is 4.74 Å². The quantitative estimate of drug-likeness (QED) is 0.676. The number of ether oxygens (including phenoxy) is 1. The molecule has 20 heavy (non-hydrogen) atoms. The van der Waals surface area contributed by atoms with Gasteiger partial charge in [-0.05, 0) is 42.2 Å². The lowest BCUT2D eigenvalue weighted by atomic mass is 10.0. The Labute approximate surface area is 129 Å². The molecule has 4 heteroatoms. The SMILES string of the molecule is Cc1cc(Cl)c(C(C)C)cc1Oc1cccc(CCl)n1. The molecule has 0 amide bonds. The lowest BCUT2D eigenvalue weighted by Gasteiger charge is -2.14. The maximum Gasteiger partial charge on any atom is 0.219 e. The van der Waals surface area contributed by atoms with Crippen LogP contribution in [0, 0.1) is 6.92 Å². The Balaban J connectivity index is 2.35. The van der Waals surface area contributed by atoms with E-state index in [1.54, 1.807) is 0 Å². The van der Waals surface area contributed by atoms with Crippen molar-refractivity contribution in [2.75, 3.05) is 0 Å². The summed E-state index contributed by atoms with van der Waals surface area (Å²) in [4.78, 5) is 4.34. The first-order chi connectivity index (χ1) is 9.51. The third-order valence-corrected chi connectivity index (χ3v) is 3.65. The summed E-state index contributed by atoms with van der Waals surface area (Å²) in [7, 11) is 0. The summed E-state index contributed by atoms with van der Waals surface area (Å²) in [6.45, 7) is 6.18. The highest BCUT2D eigenvalue weighted by molar-refractivity contribution is 6.31. The van der Waals surface area contributed by atoms with E-state index in [2.05, 4.69) is 18.8 Å². The second-order valence-electron chi connectivity index (χ2n) is 5.00. The van der Waals surface area contributed by atoms with Crippen LogP contribution in [0.3, 0.4) is 0 Å². The van der Waals surface area contributed by atoms with Gasteiger partial charge in [0.1, 0.15) is 5.75 Å². The molecule has 0 saturated carbocycles. The van der Waals surface area contributed by atoms with Crippen molar-refractivity contribution in [1.82, 2.24) is 4.98 Å². The lowest BCUT2D eigenvalue weighted by molar-refractivity contribution is 0.457. The number of hydrogen-bond acceptors (Lipinski definition) is 2. The highest BCUT2D eigenvalue weighted by Gasteiger charge is 2.11. The fourth-order valence-electron chi connectivity index (χ4n) is 1.92. The van der Waals surface area contributed by atoms with Gasteiger partial charge in [0, 0.05) is 11.1 Å². The van der Waals surface area contributed by atoms with Gasteiger partial charge in [0.15, 0.2) is 0 Å². The van der Waals surface area contributed by atoms with E-state index in [4.69, 9.17) is 27.9 Å². The third-order valence-electron chi connectivity index (χ3n) is 3.05. The molecule has 2 aromatic rings. The highest BCUT2D eigenvalue weighted by Crippen LogP contribution is 2.33. The molecule has 0 bridgehead atoms. The molecule has 0 unspecified atom stereocenters. The zero-order valence-corrected chi connectivity index (χ0v) is 13.3. The van der Waals surface area contributed by atoms with Crippen LogP contribution >= 0.6 is 23.2 Å². The fourth-order valence-corrected chi connectivity index (χ4v) is 2.51. The van der Waals surface area contributed by atoms with Crippen molar-refractivity contribution in [2.45, 2.75) is 32.6 Å². The van der Waals surface area contributed by atoms with E-state index in [-0.39, 0.29) is 0 Å². The number of benzene rings is 1. The van der Waals surface area contributed by atoms with Gasteiger partial charge in [-0.25, -0.2) is 4.98 Å². The Morgan fingerprint density at radius 1 is 1.25 bits per heavy atom. The topological polar surface area (TPSA) is 22.1 Å². The predicted molar refractivity (Wildman–Crippen MR) is 84.1 cm³/mol. The van der Waals surface area contributed by atoms with Gasteiger partial charge >= 0.3 is 0 Å². The summed E-state index contributed by atoms with van der Waals surface area (Å²) in [6, 6.07) is 9.48. The summed E-state index contributed by atoms with van der Waals surface area (Å²) in [6.07, 6.45) is 0. The zero-order valence-electron chi connectivity index (χ0n) is 11.8. The second kappa shape index (κ2) is 6.47. The molecule has 0 N–H and O–H groups in total. The van der Waals surface area contributed by atoms with Gasteiger partial charge in [-0.3, -0.25) is 0 Å². The molecule has 1 heterocycles. The molecular formula is C16H17Cl2NO. The molecule has 0 spiro atoms. The average Bonchev–Trinajstić information content (AvgIpc) is 2.41. The summed E-state index contributed by atoms with van der Waals surface area (Å²) >= 11 is 12.0. The van der Waals surface area contributed by atoms with E-state index >= 15 is 0 Å². The van der Waals surface area contributed by atoms with E-state index in [1.807, 2.05) is 37.3 Å². The smallest absolute Gasteiger partial charge is 0.219 e. The van der Waals surface area contributed by atoms with Crippen LogP contribution in [-0.2, 0) is 5.88 Å². The minimum Gasteiger partial charge on any atom is -0.439 e. The first-order valence-electron chi connectivity index (χ1n) is 6.51. The van der Waals surface area contributed by atoms with Crippen molar-refractivity contribution >= 4 is 23.2 Å². The Morgan fingerprint density at radius 3 is 2.65 bits per heavy atom. The van der Waals surface area contributed by atoms with Gasteiger partial charge in [0.25, 0.3) is 0 Å². The van der Waals surface area contributed by atoms with Crippen LogP contribution in [-0.4, -0.2) is 4.98 Å². The van der Waals surface area contributed by atoms with Crippen LogP contribution in [0.25, 0.3) is 0 Å². The van der Waals surface area contributed by atoms with Crippen LogP contribution in [0.5, 0.6) is 11.6 Å². The summed E-state index contributed by atoms with van der Waals surface area (Å²) in [5.41, 5.74) is 2.85. The molecule has 2 rings (SSSR count). The van der Waals surface area contributed by atoms with Crippen molar-refractivity contribution in [3.8, 4) is 11.6 Å². The van der Waals surface area contributed by atoms with E-state index < -0.39 is 0 Å². The van der Waals surface area contributed by atoms with Crippen LogP contribution in [0.4, 0.5) is 0 Å². The van der Waals surface area contributed by atoms with Gasteiger partial charge in [-0.15, -0.1) is 11.6 Å². The average molecular weight is 310 g/mol. The van der Waals surface area contributed by atoms with Crippen LogP contribution in [0.2, 0.25) is 5.02 Å². The normalized spacial score (nSPS) is 10.9. The molecule has 0 radical (unpaired) electrons. The van der Waals surface area contributed by atoms with Crippen molar-refractivity contribution in [1.29, 1.82) is 0 Å². The largest absolute Gasteiger partial charge is 0.439 e. The lowest BCUT2D eigenvalue weighted by Crippen LogP contribution is -1.96. The number of alkyl halides is 1. The first-order valence-corrected chi connectivity index (χ1v) is 7.42. The van der Waals surface area contributed by atoms with Gasteiger partial charge < -0.3 is 4.74 Å². The Morgan fingerprint density at radius 2 is 2.00 bits per heavy atom. The molecule has 0 atom stereocenters. The molecule has 0 aliphatic rings. The zero-order chi connectivity index (χ0) is 14.7. The monoisotopic (exact) mass is 309 g/mol. The number of aromatic nitrogens is 1. The van der Waals surface area contributed by atoms with Crippen molar-refractivity contribution in [2.24, 2.45) is 0 Å². The fraction of sp³-hybridized carbons (Fsp3) is 0.312. The number of halogens is 2. The van der Waals surface area contributed by atoms with Crippen LogP contribution in [0.1, 0.15) is 36.6 Å². The summed E-state index contributed by atoms with van der Waals surface area (Å²) in [5.74, 6) is 2.03. The summed E-state index contributed by atoms with van der Waals surface area (Å²) < 4.78 is 5.87. The summed E-state index contributed by atoms with van der Waals surface area (Å²) in [5, 5.41) is 0.771. The molecule has 106 valence electrons. The number of pyridine rings is 1. The Kier molecular flexibility index (Phi) is 4.90. The second-order valence-corrected chi connectivity index (χ2v) is 5.67. The van der Waals surface area contributed by atoms with Crippen molar-refractivity contribution in [3.05, 3.63) is 52.2 Å². The number of hydrogen-bond donors (Lipinski definition) is 0. The minimum atomic E-state index is 0.340. The van der Waals surface area contributed by atoms with E-state index in [9.17, 15) is 0 Å². The van der Waals surface area contributed by atoms with Crippen LogP contribution < -0.4 is 4.74 Å². The van der Waals surface area contributed by atoms with E-state index in [0.29, 0.717) is 17.7 Å². The number of rotatable bonds is 4. The van der Waals surface area contributed by atoms with Gasteiger partial charge in [-0.2, -0.15) is 0 Å². The molecule has 2 nitrogen and oxygen atoms in total. The van der Waals surface area contributed by atoms with Crippen molar-refractivity contribution in [3.63, 3.8) is 0 Å². The van der Waals surface area contributed by atoms with E-state index in [1.165, 1.54) is 0 Å². The maximum absolute atomic E-state index is 6.26.